The lowest BCUT2D eigenvalue weighted by molar-refractivity contribution is -0.302. The molecule has 1 rings (SSSR count). The summed E-state index contributed by atoms with van der Waals surface area (Å²) in [5.74, 6) is -0.173. The molecule has 0 aromatic heterocycles. The number of allylic oxidation sites excluding steroid dienone is 1. The quantitative estimate of drug-likeness (QED) is 0.0262. The van der Waals surface area contributed by atoms with Crippen LogP contribution in [0, 0.1) is 0 Å². The van der Waals surface area contributed by atoms with Crippen molar-refractivity contribution < 1.29 is 39.8 Å². The van der Waals surface area contributed by atoms with Crippen LogP contribution in [0.15, 0.2) is 12.2 Å². The summed E-state index contributed by atoms with van der Waals surface area (Å²) in [6.07, 6.45) is 44.3. The topological polar surface area (TPSA) is 149 Å². The monoisotopic (exact) mass is 868 g/mol. The smallest absolute Gasteiger partial charge is 0.220 e. The average Bonchev–Trinajstić information content (AvgIpc) is 3.26. The second kappa shape index (κ2) is 42.9. The van der Waals surface area contributed by atoms with E-state index in [-0.39, 0.29) is 12.5 Å². The number of aliphatic hydroxyl groups is 5. The minimum absolute atomic E-state index is 0.173. The summed E-state index contributed by atoms with van der Waals surface area (Å²) in [7, 11) is 0. The van der Waals surface area contributed by atoms with Crippen LogP contribution < -0.4 is 5.32 Å². The predicted molar refractivity (Wildman–Crippen MR) is 254 cm³/mol. The maximum atomic E-state index is 13.0. The average molecular weight is 868 g/mol. The van der Waals surface area contributed by atoms with Crippen molar-refractivity contribution in [1.29, 1.82) is 0 Å². The van der Waals surface area contributed by atoms with Crippen LogP contribution in [-0.2, 0) is 14.3 Å². The first-order chi connectivity index (χ1) is 29.8. The molecule has 0 spiro atoms. The first kappa shape index (κ1) is 57.9. The molecule has 1 aliphatic rings. The highest BCUT2D eigenvalue weighted by Crippen LogP contribution is 2.23. The van der Waals surface area contributed by atoms with Gasteiger partial charge in [0.15, 0.2) is 6.29 Å². The molecular weight excluding hydrogens is 767 g/mol. The van der Waals surface area contributed by atoms with Crippen LogP contribution >= 0.6 is 0 Å². The van der Waals surface area contributed by atoms with E-state index in [4.69, 9.17) is 9.47 Å². The van der Waals surface area contributed by atoms with Crippen molar-refractivity contribution in [1.82, 2.24) is 5.32 Å². The standard InChI is InChI=1S/C52H101NO8/c1-3-5-7-9-11-13-15-16-17-18-19-20-21-22-23-24-25-26-27-28-29-30-32-34-36-38-40-42-48(56)53-45(44-60-52-51(59)50(58)49(57)47(43-54)61-52)46(55)41-39-37-35-33-31-14-12-10-8-6-4-2/h39,41,45-47,49-52,54-55,57-59H,3-38,40,42-44H2,1-2H3,(H,53,56)/b41-39+/t45-,46+,47+,49-,50?,51?,52+/m0/s1. The first-order valence-corrected chi connectivity index (χ1v) is 26.4. The van der Waals surface area contributed by atoms with Gasteiger partial charge >= 0.3 is 0 Å². The lowest BCUT2D eigenvalue weighted by Crippen LogP contribution is -2.60. The SMILES string of the molecule is CCCCCCCCCCC/C=C/[C@@H](O)[C@H](CO[C@@H]1O[C@H](CO)[C@H](O)C(O)C1O)NC(=O)CCCCCCCCCCCCCCCCCCCCCCCCCCCCC. The maximum Gasteiger partial charge on any atom is 0.220 e. The summed E-state index contributed by atoms with van der Waals surface area (Å²) in [6, 6.07) is -0.798. The lowest BCUT2D eigenvalue weighted by atomic mass is 9.99. The van der Waals surface area contributed by atoms with Crippen LogP contribution in [0.25, 0.3) is 0 Å². The molecule has 0 radical (unpaired) electrons. The van der Waals surface area contributed by atoms with E-state index in [2.05, 4.69) is 19.2 Å². The van der Waals surface area contributed by atoms with Crippen LogP contribution in [0.4, 0.5) is 0 Å². The fourth-order valence-electron chi connectivity index (χ4n) is 8.63. The number of carbonyl (C=O) groups is 1. The molecule has 0 aromatic rings. The van der Waals surface area contributed by atoms with Gasteiger partial charge in [0.25, 0.3) is 0 Å². The van der Waals surface area contributed by atoms with Gasteiger partial charge in [-0.3, -0.25) is 4.79 Å². The molecule has 0 aliphatic carbocycles. The van der Waals surface area contributed by atoms with Gasteiger partial charge in [0, 0.05) is 6.42 Å². The molecule has 1 fully saturated rings. The van der Waals surface area contributed by atoms with Crippen molar-refractivity contribution in [2.75, 3.05) is 13.2 Å². The molecule has 1 saturated heterocycles. The van der Waals surface area contributed by atoms with Gasteiger partial charge in [-0.05, 0) is 19.3 Å². The maximum absolute atomic E-state index is 13.0. The van der Waals surface area contributed by atoms with Crippen LogP contribution in [0.1, 0.15) is 258 Å². The van der Waals surface area contributed by atoms with Gasteiger partial charge in [-0.25, -0.2) is 0 Å². The van der Waals surface area contributed by atoms with Gasteiger partial charge in [-0.1, -0.05) is 244 Å². The number of hydrogen-bond donors (Lipinski definition) is 6. The van der Waals surface area contributed by atoms with Gasteiger partial charge in [-0.15, -0.1) is 0 Å². The zero-order valence-electron chi connectivity index (χ0n) is 39.9. The van der Waals surface area contributed by atoms with Gasteiger partial charge in [0.2, 0.25) is 5.91 Å². The van der Waals surface area contributed by atoms with E-state index in [1.54, 1.807) is 6.08 Å². The molecule has 7 atom stereocenters. The Labute approximate surface area is 376 Å². The third-order valence-corrected chi connectivity index (χ3v) is 12.9. The van der Waals surface area contributed by atoms with E-state index >= 15 is 0 Å². The molecule has 362 valence electrons. The molecule has 1 amide bonds. The number of unbranched alkanes of at least 4 members (excludes halogenated alkanes) is 35. The van der Waals surface area contributed by atoms with Gasteiger partial charge in [0.1, 0.15) is 24.4 Å². The molecular formula is C52H101NO8. The summed E-state index contributed by atoms with van der Waals surface area (Å²) in [4.78, 5) is 13.0. The lowest BCUT2D eigenvalue weighted by Gasteiger charge is -2.40. The Morgan fingerprint density at radius 3 is 1.28 bits per heavy atom. The third-order valence-electron chi connectivity index (χ3n) is 12.9. The fourth-order valence-corrected chi connectivity index (χ4v) is 8.63. The van der Waals surface area contributed by atoms with Gasteiger partial charge < -0.3 is 40.3 Å². The van der Waals surface area contributed by atoms with Crippen LogP contribution in [0.3, 0.4) is 0 Å². The third kappa shape index (κ3) is 33.1. The summed E-state index contributed by atoms with van der Waals surface area (Å²) in [5, 5.41) is 54.2. The summed E-state index contributed by atoms with van der Waals surface area (Å²) >= 11 is 0. The fraction of sp³-hybridized carbons (Fsp3) is 0.942. The zero-order chi connectivity index (χ0) is 44.4. The number of hydrogen-bond acceptors (Lipinski definition) is 8. The molecule has 61 heavy (non-hydrogen) atoms. The molecule has 6 N–H and O–H groups in total. The molecule has 0 saturated carbocycles. The van der Waals surface area contributed by atoms with Crippen molar-refractivity contribution in [3.8, 4) is 0 Å². The van der Waals surface area contributed by atoms with Crippen molar-refractivity contribution in [2.45, 2.75) is 301 Å². The Morgan fingerprint density at radius 1 is 0.541 bits per heavy atom. The zero-order valence-corrected chi connectivity index (χ0v) is 39.9. The predicted octanol–water partition coefficient (Wildman–Crippen LogP) is 12.1. The Balaban J connectivity index is 2.15. The Morgan fingerprint density at radius 2 is 0.902 bits per heavy atom. The van der Waals surface area contributed by atoms with E-state index in [1.807, 2.05) is 6.08 Å². The Bertz CT molecular complexity index is 966. The summed E-state index contributed by atoms with van der Waals surface area (Å²) in [5.41, 5.74) is 0. The number of rotatable bonds is 45. The minimum Gasteiger partial charge on any atom is -0.394 e. The van der Waals surface area contributed by atoms with Crippen molar-refractivity contribution in [2.24, 2.45) is 0 Å². The normalized spacial score (nSPS) is 20.4. The van der Waals surface area contributed by atoms with Crippen molar-refractivity contribution in [3.63, 3.8) is 0 Å². The number of nitrogens with one attached hydrogen (secondary N) is 1. The van der Waals surface area contributed by atoms with Crippen molar-refractivity contribution in [3.05, 3.63) is 12.2 Å². The number of aliphatic hydroxyl groups excluding tert-OH is 5. The first-order valence-electron chi connectivity index (χ1n) is 26.4. The van der Waals surface area contributed by atoms with Gasteiger partial charge in [0.05, 0.1) is 25.4 Å². The molecule has 1 aliphatic heterocycles. The number of amides is 1. The Kier molecular flexibility index (Phi) is 40.7. The largest absolute Gasteiger partial charge is 0.394 e. The summed E-state index contributed by atoms with van der Waals surface area (Å²) < 4.78 is 11.2. The van der Waals surface area contributed by atoms with Crippen LogP contribution in [0.5, 0.6) is 0 Å². The van der Waals surface area contributed by atoms with E-state index in [1.165, 1.54) is 199 Å². The molecule has 1 heterocycles. The van der Waals surface area contributed by atoms with Gasteiger partial charge in [-0.2, -0.15) is 0 Å². The highest BCUT2D eigenvalue weighted by molar-refractivity contribution is 5.76. The van der Waals surface area contributed by atoms with E-state index in [0.29, 0.717) is 6.42 Å². The molecule has 9 heteroatoms. The van der Waals surface area contributed by atoms with Crippen LogP contribution in [-0.4, -0.2) is 87.5 Å². The molecule has 2 unspecified atom stereocenters. The van der Waals surface area contributed by atoms with Crippen LogP contribution in [0.2, 0.25) is 0 Å². The van der Waals surface area contributed by atoms with E-state index < -0.39 is 49.5 Å². The number of ether oxygens (including phenoxy) is 2. The van der Waals surface area contributed by atoms with Crippen molar-refractivity contribution >= 4 is 5.91 Å². The molecule has 0 aromatic carbocycles. The second-order valence-corrected chi connectivity index (χ2v) is 18.7. The number of carbonyl (C=O) groups excluding carboxylic acids is 1. The highest BCUT2D eigenvalue weighted by atomic mass is 16.7. The summed E-state index contributed by atoms with van der Waals surface area (Å²) in [6.45, 7) is 3.78. The second-order valence-electron chi connectivity index (χ2n) is 18.7. The van der Waals surface area contributed by atoms with E-state index in [9.17, 15) is 30.3 Å². The van der Waals surface area contributed by atoms with E-state index in [0.717, 1.165) is 38.5 Å². The molecule has 0 bridgehead atoms. The highest BCUT2D eigenvalue weighted by Gasteiger charge is 2.44. The minimum atomic E-state index is -1.56. The Hall–Kier alpha value is -1.07. The molecule has 9 nitrogen and oxygen atoms in total.